The smallest absolute Gasteiger partial charge is 0.272 e. The second kappa shape index (κ2) is 10.0. The van der Waals surface area contributed by atoms with E-state index in [9.17, 15) is 9.59 Å². The lowest BCUT2D eigenvalue weighted by Gasteiger charge is -2.29. The summed E-state index contributed by atoms with van der Waals surface area (Å²) >= 11 is 1.39. The highest BCUT2D eigenvalue weighted by atomic mass is 32.1. The van der Waals surface area contributed by atoms with E-state index in [0.29, 0.717) is 28.7 Å². The van der Waals surface area contributed by atoms with Crippen molar-refractivity contribution >= 4 is 33.4 Å². The molecule has 8 nitrogen and oxygen atoms in total. The number of fused-ring (bicyclic) bond motifs is 1. The maximum absolute atomic E-state index is 13.1. The number of hydrogen-bond donors (Lipinski definition) is 1. The van der Waals surface area contributed by atoms with Crippen molar-refractivity contribution in [3.63, 3.8) is 0 Å². The molecular formula is C23H28N4O4S. The van der Waals surface area contributed by atoms with Crippen LogP contribution >= 0.6 is 11.3 Å². The predicted molar refractivity (Wildman–Crippen MR) is 126 cm³/mol. The summed E-state index contributed by atoms with van der Waals surface area (Å²) < 4.78 is 12.9. The van der Waals surface area contributed by atoms with Crippen LogP contribution in [-0.2, 0) is 17.9 Å². The number of piperidine rings is 1. The largest absolute Gasteiger partial charge is 0.497 e. The van der Waals surface area contributed by atoms with Crippen LogP contribution in [0.1, 0.15) is 31.2 Å². The number of amides is 1. The number of nitrogens with zero attached hydrogens (tertiary/aromatic N) is 3. The highest BCUT2D eigenvalue weighted by Crippen LogP contribution is 2.24. The summed E-state index contributed by atoms with van der Waals surface area (Å²) in [7, 11) is 3.19. The van der Waals surface area contributed by atoms with Gasteiger partial charge in [-0.25, -0.2) is 4.98 Å². The molecule has 4 rings (SSSR count). The van der Waals surface area contributed by atoms with E-state index in [-0.39, 0.29) is 24.4 Å². The van der Waals surface area contributed by atoms with E-state index in [1.807, 2.05) is 29.6 Å². The van der Waals surface area contributed by atoms with Crippen molar-refractivity contribution in [1.29, 1.82) is 0 Å². The van der Waals surface area contributed by atoms with Crippen LogP contribution in [0.25, 0.3) is 10.2 Å². The molecule has 0 aliphatic carbocycles. The molecule has 1 N–H and O–H groups in total. The zero-order valence-corrected chi connectivity index (χ0v) is 19.2. The first-order valence-corrected chi connectivity index (χ1v) is 11.7. The van der Waals surface area contributed by atoms with Crippen molar-refractivity contribution in [3.05, 3.63) is 45.6 Å². The van der Waals surface area contributed by atoms with Crippen LogP contribution in [0.15, 0.2) is 34.4 Å². The minimum atomic E-state index is -0.141. The van der Waals surface area contributed by atoms with Crippen LogP contribution in [0, 0.1) is 0 Å². The third-order valence-corrected chi connectivity index (χ3v) is 6.60. The predicted octanol–water partition coefficient (Wildman–Crippen LogP) is 3.17. The molecule has 1 aromatic carbocycles. The molecule has 0 atom stereocenters. The van der Waals surface area contributed by atoms with E-state index in [2.05, 4.69) is 10.2 Å². The Morgan fingerprint density at radius 3 is 2.72 bits per heavy atom. The van der Waals surface area contributed by atoms with Gasteiger partial charge in [-0.3, -0.25) is 14.2 Å². The monoisotopic (exact) mass is 456 g/mol. The number of thiophene rings is 1. The second-order valence-electron chi connectivity index (χ2n) is 7.76. The van der Waals surface area contributed by atoms with Gasteiger partial charge in [0.05, 0.1) is 19.7 Å². The van der Waals surface area contributed by atoms with Crippen LogP contribution in [-0.4, -0.2) is 42.8 Å². The Morgan fingerprint density at radius 2 is 1.97 bits per heavy atom. The van der Waals surface area contributed by atoms with Gasteiger partial charge in [0.2, 0.25) is 11.9 Å². The fraction of sp³-hybridized carbons (Fsp3) is 0.435. The quantitative estimate of drug-likeness (QED) is 0.560. The van der Waals surface area contributed by atoms with E-state index < -0.39 is 0 Å². The molecule has 1 amide bonds. The molecule has 1 aliphatic heterocycles. The van der Waals surface area contributed by atoms with Gasteiger partial charge < -0.3 is 19.7 Å². The van der Waals surface area contributed by atoms with Gasteiger partial charge in [0.1, 0.15) is 16.2 Å². The first kappa shape index (κ1) is 22.1. The first-order valence-electron chi connectivity index (χ1n) is 10.8. The maximum Gasteiger partial charge on any atom is 0.272 e. The van der Waals surface area contributed by atoms with Crippen LogP contribution in [0.3, 0.4) is 0 Å². The molecular weight excluding hydrogens is 428 g/mol. The molecule has 0 spiro atoms. The number of ether oxygens (including phenoxy) is 2. The Kier molecular flexibility index (Phi) is 6.94. The van der Waals surface area contributed by atoms with E-state index in [4.69, 9.17) is 14.5 Å². The van der Waals surface area contributed by atoms with Crippen molar-refractivity contribution in [2.75, 3.05) is 32.2 Å². The molecule has 1 saturated heterocycles. The molecule has 0 bridgehead atoms. The number of anilines is 1. The van der Waals surface area contributed by atoms with Crippen molar-refractivity contribution in [1.82, 2.24) is 14.9 Å². The number of carbonyl (C=O) groups is 1. The Labute approximate surface area is 190 Å². The number of hydrogen-bond acceptors (Lipinski definition) is 7. The number of methoxy groups -OCH3 is 2. The van der Waals surface area contributed by atoms with Gasteiger partial charge >= 0.3 is 0 Å². The van der Waals surface area contributed by atoms with Crippen LogP contribution in [0.5, 0.6) is 11.5 Å². The molecule has 3 aromatic rings. The lowest BCUT2D eigenvalue weighted by Crippen LogP contribution is -2.37. The zero-order chi connectivity index (χ0) is 22.5. The summed E-state index contributed by atoms with van der Waals surface area (Å²) in [5.41, 5.74) is 1.48. The average Bonchev–Trinajstić information content (AvgIpc) is 3.31. The zero-order valence-electron chi connectivity index (χ0n) is 18.4. The molecule has 9 heteroatoms. The average molecular weight is 457 g/mol. The lowest BCUT2D eigenvalue weighted by molar-refractivity contribution is -0.121. The minimum absolute atomic E-state index is 0.0761. The van der Waals surface area contributed by atoms with Gasteiger partial charge in [0.15, 0.2) is 0 Å². The van der Waals surface area contributed by atoms with E-state index in [1.54, 1.807) is 18.8 Å². The molecule has 170 valence electrons. The lowest BCUT2D eigenvalue weighted by atomic mass is 10.1. The van der Waals surface area contributed by atoms with Gasteiger partial charge in [-0.1, -0.05) is 0 Å². The summed E-state index contributed by atoms with van der Waals surface area (Å²) in [5, 5.41) is 4.81. The van der Waals surface area contributed by atoms with Gasteiger partial charge in [-0.15, -0.1) is 11.3 Å². The Balaban J connectivity index is 1.48. The first-order chi connectivity index (χ1) is 15.6. The van der Waals surface area contributed by atoms with Crippen LogP contribution < -0.4 is 25.2 Å². The van der Waals surface area contributed by atoms with Gasteiger partial charge in [0.25, 0.3) is 5.56 Å². The molecule has 0 radical (unpaired) electrons. The number of carbonyl (C=O) groups excluding carboxylic acids is 1. The Bertz CT molecular complexity index is 1150. The number of aromatic nitrogens is 2. The summed E-state index contributed by atoms with van der Waals surface area (Å²) in [5.74, 6) is 1.91. The number of rotatable bonds is 8. The molecule has 3 heterocycles. The fourth-order valence-electron chi connectivity index (χ4n) is 3.98. The van der Waals surface area contributed by atoms with Crippen LogP contribution in [0.2, 0.25) is 0 Å². The topological polar surface area (TPSA) is 85.7 Å². The molecule has 1 aliphatic rings. The molecule has 32 heavy (non-hydrogen) atoms. The summed E-state index contributed by atoms with van der Waals surface area (Å²) in [6.07, 6.45) is 3.55. The number of nitrogens with one attached hydrogen (secondary N) is 1. The van der Waals surface area contributed by atoms with E-state index >= 15 is 0 Å². The van der Waals surface area contributed by atoms with Crippen molar-refractivity contribution in [2.24, 2.45) is 0 Å². The normalized spacial score (nSPS) is 13.9. The summed E-state index contributed by atoms with van der Waals surface area (Å²) in [4.78, 5) is 32.7. The van der Waals surface area contributed by atoms with Crippen LogP contribution in [0.4, 0.5) is 5.95 Å². The van der Waals surface area contributed by atoms with Gasteiger partial charge in [0, 0.05) is 38.2 Å². The second-order valence-corrected chi connectivity index (χ2v) is 8.67. The van der Waals surface area contributed by atoms with Crippen molar-refractivity contribution < 1.29 is 14.3 Å². The van der Waals surface area contributed by atoms with E-state index in [1.165, 1.54) is 17.8 Å². The molecule has 1 fully saturated rings. The SMILES string of the molecule is COc1ccc(OC)c(CNC(=O)CCn2c(N3CCCCC3)nc3ccsc3c2=O)c1. The van der Waals surface area contributed by atoms with Crippen molar-refractivity contribution in [2.45, 2.75) is 38.8 Å². The third-order valence-electron chi connectivity index (χ3n) is 5.71. The summed E-state index contributed by atoms with van der Waals surface area (Å²) in [6, 6.07) is 7.35. The Morgan fingerprint density at radius 1 is 1.16 bits per heavy atom. The minimum Gasteiger partial charge on any atom is -0.497 e. The van der Waals surface area contributed by atoms with Gasteiger partial charge in [-0.2, -0.15) is 0 Å². The Hall–Kier alpha value is -3.07. The highest BCUT2D eigenvalue weighted by Gasteiger charge is 2.20. The maximum atomic E-state index is 13.1. The highest BCUT2D eigenvalue weighted by molar-refractivity contribution is 7.17. The van der Waals surface area contributed by atoms with Gasteiger partial charge in [-0.05, 0) is 48.9 Å². The van der Waals surface area contributed by atoms with Crippen molar-refractivity contribution in [3.8, 4) is 11.5 Å². The van der Waals surface area contributed by atoms with E-state index in [0.717, 1.165) is 37.0 Å². The fourth-order valence-corrected chi connectivity index (χ4v) is 4.76. The molecule has 0 saturated carbocycles. The standard InChI is InChI=1S/C23H28N4O4S/c1-30-17-6-7-19(31-2)16(14-17)15-24-20(28)8-12-27-22(29)21-18(9-13-32-21)25-23(27)26-10-4-3-5-11-26/h6-7,9,13-14H,3-5,8,10-12,15H2,1-2H3,(H,24,28). The third kappa shape index (κ3) is 4.72. The summed E-state index contributed by atoms with van der Waals surface area (Å²) in [6.45, 7) is 2.36. The molecule has 0 unspecified atom stereocenters. The molecule has 2 aromatic heterocycles. The number of benzene rings is 1.